The summed E-state index contributed by atoms with van der Waals surface area (Å²) in [5.41, 5.74) is 2.33. The number of thioether (sulfide) groups is 1. The zero-order valence-electron chi connectivity index (χ0n) is 18.3. The number of hydrogen-bond donors (Lipinski definition) is 2. The van der Waals surface area contributed by atoms with Crippen molar-refractivity contribution < 1.29 is 18.3 Å². The molecule has 9 heteroatoms. The maximum atomic E-state index is 12.4. The van der Waals surface area contributed by atoms with Crippen LogP contribution in [-0.4, -0.2) is 56.0 Å². The van der Waals surface area contributed by atoms with E-state index in [0.717, 1.165) is 11.4 Å². The van der Waals surface area contributed by atoms with Crippen molar-refractivity contribution in [3.8, 4) is 0 Å². The van der Waals surface area contributed by atoms with E-state index in [2.05, 4.69) is 70.3 Å². The molecule has 1 aliphatic rings. The van der Waals surface area contributed by atoms with Gasteiger partial charge in [0.25, 0.3) is 10.2 Å². The van der Waals surface area contributed by atoms with Crippen molar-refractivity contribution in [3.05, 3.63) is 72.3 Å². The van der Waals surface area contributed by atoms with Crippen LogP contribution in [-0.2, 0) is 20.8 Å². The molecule has 1 fully saturated rings. The third-order valence-electron chi connectivity index (χ3n) is 5.70. The molecule has 7 nitrogen and oxygen atoms in total. The van der Waals surface area contributed by atoms with Crippen LogP contribution in [0.1, 0.15) is 12.5 Å². The Kier molecular flexibility index (Phi) is 7.23. The lowest BCUT2D eigenvalue weighted by Crippen LogP contribution is -2.54. The minimum Gasteiger partial charge on any atom is -0.480 e. The number of fused-ring (bicyclic) bond motifs is 1. The number of piperazine rings is 1. The molecule has 0 aromatic heterocycles. The first-order valence-electron chi connectivity index (χ1n) is 10.8. The van der Waals surface area contributed by atoms with E-state index in [1.807, 2.05) is 6.07 Å². The molecule has 33 heavy (non-hydrogen) atoms. The summed E-state index contributed by atoms with van der Waals surface area (Å²) in [6.07, 6.45) is 0. The van der Waals surface area contributed by atoms with E-state index in [0.29, 0.717) is 26.2 Å². The molecule has 0 spiro atoms. The highest BCUT2D eigenvalue weighted by Crippen LogP contribution is 2.27. The molecule has 2 N–H and O–H groups in total. The van der Waals surface area contributed by atoms with Gasteiger partial charge in [-0.15, -0.1) is 11.8 Å². The van der Waals surface area contributed by atoms with E-state index in [1.165, 1.54) is 32.5 Å². The summed E-state index contributed by atoms with van der Waals surface area (Å²) in [5, 5.41) is 11.4. The molecule has 0 saturated carbocycles. The van der Waals surface area contributed by atoms with Gasteiger partial charge in [0.15, 0.2) is 0 Å². The van der Waals surface area contributed by atoms with Crippen molar-refractivity contribution in [3.63, 3.8) is 0 Å². The number of carboxylic acid groups (broad SMARTS) is 1. The Morgan fingerprint density at radius 1 is 1.00 bits per heavy atom. The average Bonchev–Trinajstić information content (AvgIpc) is 2.82. The van der Waals surface area contributed by atoms with Crippen molar-refractivity contribution in [1.82, 2.24) is 9.03 Å². The molecule has 4 rings (SSSR count). The van der Waals surface area contributed by atoms with Gasteiger partial charge in [0, 0.05) is 42.5 Å². The summed E-state index contributed by atoms with van der Waals surface area (Å²) in [7, 11) is -3.81. The van der Waals surface area contributed by atoms with Gasteiger partial charge in [0.2, 0.25) is 0 Å². The molecule has 1 aliphatic heterocycles. The quantitative estimate of drug-likeness (QED) is 0.474. The molecular weight excluding hydrogens is 458 g/mol. The van der Waals surface area contributed by atoms with E-state index in [4.69, 9.17) is 5.11 Å². The Morgan fingerprint density at radius 2 is 1.67 bits per heavy atom. The van der Waals surface area contributed by atoms with Gasteiger partial charge in [-0.25, -0.2) is 0 Å². The standard InChI is InChI=1S/C24H27N3O4S2/c1-18(24(28)29)25-33(30,31)27-14-12-26(13-15-27)22-8-10-23(11-9-22)32-17-19-6-7-20-4-2-3-5-21(20)16-19/h2-11,16,18,25H,12-15,17H2,1H3,(H,28,29)/t18-/m1/s1. The van der Waals surface area contributed by atoms with Crippen LogP contribution in [0, 0.1) is 0 Å². The van der Waals surface area contributed by atoms with Crippen LogP contribution >= 0.6 is 11.8 Å². The first kappa shape index (κ1) is 23.6. The van der Waals surface area contributed by atoms with Crippen LogP contribution in [0.15, 0.2) is 71.6 Å². The van der Waals surface area contributed by atoms with E-state index in [-0.39, 0.29) is 0 Å². The second-order valence-electron chi connectivity index (χ2n) is 8.03. The Hall–Kier alpha value is -2.59. The number of anilines is 1. The zero-order valence-corrected chi connectivity index (χ0v) is 20.0. The second kappa shape index (κ2) is 10.1. The maximum Gasteiger partial charge on any atom is 0.321 e. The number of aliphatic carboxylic acids is 1. The largest absolute Gasteiger partial charge is 0.480 e. The molecule has 1 heterocycles. The monoisotopic (exact) mass is 485 g/mol. The van der Waals surface area contributed by atoms with Gasteiger partial charge in [0.1, 0.15) is 6.04 Å². The van der Waals surface area contributed by atoms with Crippen LogP contribution in [0.25, 0.3) is 10.8 Å². The lowest BCUT2D eigenvalue weighted by molar-refractivity contribution is -0.138. The van der Waals surface area contributed by atoms with Crippen molar-refractivity contribution in [2.24, 2.45) is 0 Å². The highest BCUT2D eigenvalue weighted by molar-refractivity contribution is 7.98. The highest BCUT2D eigenvalue weighted by Gasteiger charge is 2.29. The molecule has 1 saturated heterocycles. The number of benzene rings is 3. The summed E-state index contributed by atoms with van der Waals surface area (Å²) in [4.78, 5) is 14.3. The van der Waals surface area contributed by atoms with Gasteiger partial charge in [-0.1, -0.05) is 42.5 Å². The molecule has 0 aliphatic carbocycles. The number of rotatable bonds is 8. The normalized spacial score (nSPS) is 16.1. The van der Waals surface area contributed by atoms with Crippen LogP contribution in [0.3, 0.4) is 0 Å². The first-order valence-corrected chi connectivity index (χ1v) is 13.2. The fraction of sp³-hybridized carbons (Fsp3) is 0.292. The first-order chi connectivity index (χ1) is 15.8. The van der Waals surface area contributed by atoms with Crippen molar-refractivity contribution in [2.45, 2.75) is 23.6 Å². The number of carbonyl (C=O) groups is 1. The van der Waals surface area contributed by atoms with Crippen LogP contribution in [0.5, 0.6) is 0 Å². The van der Waals surface area contributed by atoms with Crippen LogP contribution in [0.2, 0.25) is 0 Å². The van der Waals surface area contributed by atoms with Gasteiger partial charge in [-0.05, 0) is 47.5 Å². The summed E-state index contributed by atoms with van der Waals surface area (Å²) >= 11 is 1.79. The predicted molar refractivity (Wildman–Crippen MR) is 133 cm³/mol. The second-order valence-corrected chi connectivity index (χ2v) is 10.8. The van der Waals surface area contributed by atoms with Crippen molar-refractivity contribution >= 4 is 44.4 Å². The maximum absolute atomic E-state index is 12.4. The lowest BCUT2D eigenvalue weighted by atomic mass is 10.1. The summed E-state index contributed by atoms with van der Waals surface area (Å²) in [5.74, 6) is -0.307. The molecule has 174 valence electrons. The molecule has 0 amide bonds. The molecule has 3 aromatic carbocycles. The third kappa shape index (κ3) is 5.86. The predicted octanol–water partition coefficient (Wildman–Crippen LogP) is 3.56. The van der Waals surface area contributed by atoms with Crippen LogP contribution < -0.4 is 9.62 Å². The highest BCUT2D eigenvalue weighted by atomic mass is 32.2. The molecule has 0 radical (unpaired) electrons. The fourth-order valence-corrected chi connectivity index (χ4v) is 5.97. The minimum absolute atomic E-state index is 0.306. The van der Waals surface area contributed by atoms with E-state index < -0.39 is 22.2 Å². The Bertz CT molecular complexity index is 1220. The topological polar surface area (TPSA) is 90.0 Å². The summed E-state index contributed by atoms with van der Waals surface area (Å²) < 4.78 is 28.3. The van der Waals surface area contributed by atoms with Gasteiger partial charge in [-0.2, -0.15) is 17.4 Å². The van der Waals surface area contributed by atoms with Crippen molar-refractivity contribution in [1.29, 1.82) is 0 Å². The lowest BCUT2D eigenvalue weighted by Gasteiger charge is -2.35. The molecule has 0 bridgehead atoms. The summed E-state index contributed by atoms with van der Waals surface area (Å²) in [6, 6.07) is 22.1. The Morgan fingerprint density at radius 3 is 2.33 bits per heavy atom. The van der Waals surface area contributed by atoms with Gasteiger partial charge < -0.3 is 10.0 Å². The number of nitrogens with one attached hydrogen (secondary N) is 1. The van der Waals surface area contributed by atoms with Gasteiger partial charge in [0.05, 0.1) is 0 Å². The fourth-order valence-electron chi connectivity index (χ4n) is 3.78. The van der Waals surface area contributed by atoms with E-state index in [1.54, 1.807) is 11.8 Å². The minimum atomic E-state index is -3.81. The van der Waals surface area contributed by atoms with E-state index >= 15 is 0 Å². The average molecular weight is 486 g/mol. The van der Waals surface area contributed by atoms with Crippen molar-refractivity contribution in [2.75, 3.05) is 31.1 Å². The van der Waals surface area contributed by atoms with Gasteiger partial charge >= 0.3 is 5.97 Å². The SMILES string of the molecule is C[C@@H](NS(=O)(=O)N1CCN(c2ccc(SCc3ccc4ccccc4c3)cc2)CC1)C(=O)O. The molecular formula is C24H27N3O4S2. The summed E-state index contributed by atoms with van der Waals surface area (Å²) in [6.45, 7) is 3.02. The molecule has 0 unspecified atom stereocenters. The number of nitrogens with zero attached hydrogens (tertiary/aromatic N) is 2. The number of carboxylic acids is 1. The van der Waals surface area contributed by atoms with E-state index in [9.17, 15) is 13.2 Å². The molecule has 3 aromatic rings. The zero-order chi connectivity index (χ0) is 23.4. The third-order valence-corrected chi connectivity index (χ3v) is 8.48. The van der Waals surface area contributed by atoms with Crippen LogP contribution in [0.4, 0.5) is 5.69 Å². The Labute approximate surface area is 198 Å². The molecule has 1 atom stereocenters. The Balaban J connectivity index is 1.31. The smallest absolute Gasteiger partial charge is 0.321 e. The van der Waals surface area contributed by atoms with Gasteiger partial charge in [-0.3, -0.25) is 4.79 Å². The number of hydrogen-bond acceptors (Lipinski definition) is 5.